The molecule has 0 fully saturated rings. The number of benzene rings is 1. The van der Waals surface area contributed by atoms with Gasteiger partial charge in [0, 0.05) is 36.7 Å². The molecule has 0 saturated heterocycles. The van der Waals surface area contributed by atoms with E-state index in [1.807, 2.05) is 6.92 Å². The third kappa shape index (κ3) is 4.25. The molecule has 1 amide bonds. The molecule has 1 aromatic heterocycles. The molecule has 2 rings (SSSR count). The van der Waals surface area contributed by atoms with E-state index in [1.54, 1.807) is 24.6 Å². The highest BCUT2D eigenvalue weighted by molar-refractivity contribution is 7.14. The first-order chi connectivity index (χ1) is 10.5. The number of aromatic nitrogens is 1. The topological polar surface area (TPSA) is 63.2 Å². The molecule has 118 valence electrons. The molecule has 0 radical (unpaired) electrons. The fourth-order valence-corrected chi connectivity index (χ4v) is 2.79. The van der Waals surface area contributed by atoms with Crippen molar-refractivity contribution >= 4 is 28.1 Å². The maximum absolute atomic E-state index is 14.2. The summed E-state index contributed by atoms with van der Waals surface area (Å²) in [6.45, 7) is 3.92. The number of rotatable bonds is 6. The zero-order valence-electron chi connectivity index (χ0n) is 12.6. The molecule has 7 heteroatoms. The lowest BCUT2D eigenvalue weighted by molar-refractivity contribution is -0.114. The second kappa shape index (κ2) is 7.33. The van der Waals surface area contributed by atoms with E-state index in [1.165, 1.54) is 24.3 Å². The van der Waals surface area contributed by atoms with Crippen LogP contribution >= 0.6 is 11.3 Å². The van der Waals surface area contributed by atoms with Gasteiger partial charge in [0.25, 0.3) is 0 Å². The molecule has 1 unspecified atom stereocenters. The van der Waals surface area contributed by atoms with Gasteiger partial charge in [0.1, 0.15) is 5.82 Å². The van der Waals surface area contributed by atoms with Crippen LogP contribution in [0.4, 0.5) is 15.2 Å². The van der Waals surface area contributed by atoms with Crippen LogP contribution in [0, 0.1) is 5.82 Å². The molecule has 0 aliphatic heterocycles. The third-order valence-corrected chi connectivity index (χ3v) is 3.63. The number of carbonyl (C=O) groups excluding carboxylic acids is 1. The average molecular weight is 323 g/mol. The summed E-state index contributed by atoms with van der Waals surface area (Å²) in [5.41, 5.74) is 1.39. The van der Waals surface area contributed by atoms with E-state index in [0.717, 1.165) is 0 Å². The molecule has 0 saturated carbocycles. The fraction of sp³-hybridized carbons (Fsp3) is 0.333. The Balaban J connectivity index is 2.15. The molecule has 0 bridgehead atoms. The minimum atomic E-state index is -0.423. The van der Waals surface area contributed by atoms with Crippen molar-refractivity contribution in [3.05, 3.63) is 29.4 Å². The van der Waals surface area contributed by atoms with Gasteiger partial charge in [-0.05, 0) is 25.1 Å². The average Bonchev–Trinajstić information content (AvgIpc) is 2.86. The number of ether oxygens (including phenoxy) is 1. The number of thiazole rings is 1. The van der Waals surface area contributed by atoms with Crippen LogP contribution in [0.3, 0.4) is 0 Å². The molecule has 1 atom stereocenters. The summed E-state index contributed by atoms with van der Waals surface area (Å²) in [7, 11) is 1.64. The summed E-state index contributed by atoms with van der Waals surface area (Å²) in [5, 5.41) is 8.24. The highest BCUT2D eigenvalue weighted by Gasteiger charge is 2.12. The van der Waals surface area contributed by atoms with Crippen LogP contribution in [0.2, 0.25) is 0 Å². The third-order valence-electron chi connectivity index (χ3n) is 2.86. The normalized spacial score (nSPS) is 12.0. The van der Waals surface area contributed by atoms with Gasteiger partial charge >= 0.3 is 0 Å². The highest BCUT2D eigenvalue weighted by atomic mass is 32.1. The van der Waals surface area contributed by atoms with Gasteiger partial charge in [0.15, 0.2) is 5.13 Å². The predicted octanol–water partition coefficient (Wildman–Crippen LogP) is 3.35. The Morgan fingerprint density at radius 2 is 2.27 bits per heavy atom. The molecule has 22 heavy (non-hydrogen) atoms. The summed E-state index contributed by atoms with van der Waals surface area (Å²) in [6.07, 6.45) is 0. The van der Waals surface area contributed by atoms with Gasteiger partial charge in [0.05, 0.1) is 12.3 Å². The Bertz CT molecular complexity index is 660. The van der Waals surface area contributed by atoms with Gasteiger partial charge in [-0.15, -0.1) is 11.3 Å². The van der Waals surface area contributed by atoms with Gasteiger partial charge in [-0.25, -0.2) is 9.37 Å². The molecule has 1 aromatic carbocycles. The lowest BCUT2D eigenvalue weighted by atomic mass is 10.1. The van der Waals surface area contributed by atoms with Crippen molar-refractivity contribution in [1.29, 1.82) is 0 Å². The largest absolute Gasteiger partial charge is 0.383 e. The summed E-state index contributed by atoms with van der Waals surface area (Å²) >= 11 is 1.41. The van der Waals surface area contributed by atoms with Crippen molar-refractivity contribution in [2.45, 2.75) is 19.9 Å². The highest BCUT2D eigenvalue weighted by Crippen LogP contribution is 2.28. The smallest absolute Gasteiger partial charge is 0.221 e. The maximum atomic E-state index is 14.2. The summed E-state index contributed by atoms with van der Waals surface area (Å²) in [4.78, 5) is 15.4. The lowest BCUT2D eigenvalue weighted by Gasteiger charge is -2.10. The van der Waals surface area contributed by atoms with E-state index in [9.17, 15) is 9.18 Å². The molecule has 5 nitrogen and oxygen atoms in total. The molecular formula is C15H18FN3O2S. The first-order valence-corrected chi connectivity index (χ1v) is 7.66. The SMILES string of the molecule is COCC(C)Nc1nc(-c2ccc(NC(C)=O)cc2F)cs1. The summed E-state index contributed by atoms with van der Waals surface area (Å²) in [6, 6.07) is 4.67. The monoisotopic (exact) mass is 323 g/mol. The number of nitrogens with one attached hydrogen (secondary N) is 2. The number of methoxy groups -OCH3 is 1. The number of anilines is 2. The van der Waals surface area contributed by atoms with E-state index in [4.69, 9.17) is 4.74 Å². The van der Waals surface area contributed by atoms with Gasteiger partial charge in [0.2, 0.25) is 5.91 Å². The van der Waals surface area contributed by atoms with E-state index in [2.05, 4.69) is 15.6 Å². The fourth-order valence-electron chi connectivity index (χ4n) is 1.97. The standard InChI is InChI=1S/C15H18FN3O2S/c1-9(7-21-3)17-15-19-14(8-22-15)12-5-4-11(6-13(12)16)18-10(2)20/h4-6,8-9H,7H2,1-3H3,(H,17,19)(H,18,20). The number of halogens is 1. The van der Waals surface area contributed by atoms with E-state index in [0.29, 0.717) is 28.7 Å². The van der Waals surface area contributed by atoms with Crippen LogP contribution in [0.25, 0.3) is 11.3 Å². The number of hydrogen-bond acceptors (Lipinski definition) is 5. The van der Waals surface area contributed by atoms with E-state index in [-0.39, 0.29) is 11.9 Å². The van der Waals surface area contributed by atoms with E-state index < -0.39 is 5.82 Å². The Morgan fingerprint density at radius 3 is 2.91 bits per heavy atom. The zero-order chi connectivity index (χ0) is 16.1. The summed E-state index contributed by atoms with van der Waals surface area (Å²) in [5.74, 6) is -0.660. The molecule has 2 aromatic rings. The van der Waals surface area contributed by atoms with Gasteiger partial charge < -0.3 is 15.4 Å². The van der Waals surface area contributed by atoms with Crippen molar-refractivity contribution in [2.75, 3.05) is 24.4 Å². The molecule has 0 aliphatic carbocycles. The Hall–Kier alpha value is -1.99. The number of nitrogens with zero attached hydrogens (tertiary/aromatic N) is 1. The van der Waals surface area contributed by atoms with Crippen LogP contribution in [0.5, 0.6) is 0 Å². The first-order valence-electron chi connectivity index (χ1n) is 6.78. The lowest BCUT2D eigenvalue weighted by Crippen LogP contribution is -2.20. The van der Waals surface area contributed by atoms with Crippen LogP contribution in [0.15, 0.2) is 23.6 Å². The molecule has 0 spiro atoms. The van der Waals surface area contributed by atoms with Crippen molar-refractivity contribution < 1.29 is 13.9 Å². The van der Waals surface area contributed by atoms with Crippen LogP contribution < -0.4 is 10.6 Å². The van der Waals surface area contributed by atoms with Crippen molar-refractivity contribution in [3.8, 4) is 11.3 Å². The second-order valence-electron chi connectivity index (χ2n) is 4.91. The van der Waals surface area contributed by atoms with Crippen molar-refractivity contribution in [1.82, 2.24) is 4.98 Å². The molecule has 1 heterocycles. The van der Waals surface area contributed by atoms with E-state index >= 15 is 0 Å². The quantitative estimate of drug-likeness (QED) is 0.856. The van der Waals surface area contributed by atoms with Crippen LogP contribution in [-0.4, -0.2) is 30.6 Å². The van der Waals surface area contributed by atoms with Gasteiger partial charge in [-0.1, -0.05) is 0 Å². The predicted molar refractivity (Wildman–Crippen MR) is 86.8 cm³/mol. The number of hydrogen-bond donors (Lipinski definition) is 2. The Kier molecular flexibility index (Phi) is 5.46. The Morgan fingerprint density at radius 1 is 1.50 bits per heavy atom. The van der Waals surface area contributed by atoms with Gasteiger partial charge in [-0.3, -0.25) is 4.79 Å². The zero-order valence-corrected chi connectivity index (χ0v) is 13.5. The number of carbonyl (C=O) groups is 1. The van der Waals surface area contributed by atoms with Crippen molar-refractivity contribution in [3.63, 3.8) is 0 Å². The van der Waals surface area contributed by atoms with Crippen LogP contribution in [0.1, 0.15) is 13.8 Å². The Labute approximate surface area is 132 Å². The first kappa shape index (κ1) is 16.4. The number of amides is 1. The minimum Gasteiger partial charge on any atom is -0.383 e. The molecule has 0 aliphatic rings. The molecular weight excluding hydrogens is 305 g/mol. The van der Waals surface area contributed by atoms with Crippen molar-refractivity contribution in [2.24, 2.45) is 0 Å². The van der Waals surface area contributed by atoms with Gasteiger partial charge in [-0.2, -0.15) is 0 Å². The van der Waals surface area contributed by atoms with Crippen LogP contribution in [-0.2, 0) is 9.53 Å². The minimum absolute atomic E-state index is 0.121. The summed E-state index contributed by atoms with van der Waals surface area (Å²) < 4.78 is 19.2. The molecule has 2 N–H and O–H groups in total. The maximum Gasteiger partial charge on any atom is 0.221 e. The second-order valence-corrected chi connectivity index (χ2v) is 5.77.